The van der Waals surface area contributed by atoms with Gasteiger partial charge in [0.25, 0.3) is 11.8 Å². The van der Waals surface area contributed by atoms with E-state index < -0.39 is 29.5 Å². The highest BCUT2D eigenvalue weighted by Crippen LogP contribution is 2.45. The van der Waals surface area contributed by atoms with Gasteiger partial charge in [-0.2, -0.15) is 0 Å². The number of ether oxygens (including phenoxy) is 2. The molecule has 18 heavy (non-hydrogen) atoms. The van der Waals surface area contributed by atoms with Gasteiger partial charge in [0.1, 0.15) is 5.92 Å². The molecule has 2 aliphatic heterocycles. The standard InChI is InChI=1S/C11H13NO6/c13-8-1-2-9(14)12(8)18-10(15)7-3-4-11(7)16-5-6-17-11/h7H,1-6H2. The molecule has 0 radical (unpaired) electrons. The van der Waals surface area contributed by atoms with Crippen molar-refractivity contribution in [3.05, 3.63) is 0 Å². The van der Waals surface area contributed by atoms with E-state index in [2.05, 4.69) is 0 Å². The zero-order valence-electron chi connectivity index (χ0n) is 9.72. The first-order valence-electron chi connectivity index (χ1n) is 5.98. The average Bonchev–Trinajstić information content (AvgIpc) is 2.91. The van der Waals surface area contributed by atoms with Crippen LogP contribution in [-0.2, 0) is 28.7 Å². The number of hydrogen-bond acceptors (Lipinski definition) is 6. The summed E-state index contributed by atoms with van der Waals surface area (Å²) < 4.78 is 10.8. The molecular formula is C11H13NO6. The molecule has 1 atom stereocenters. The molecule has 98 valence electrons. The van der Waals surface area contributed by atoms with Crippen LogP contribution in [0.25, 0.3) is 0 Å². The quantitative estimate of drug-likeness (QED) is 0.633. The topological polar surface area (TPSA) is 82.1 Å². The van der Waals surface area contributed by atoms with E-state index in [4.69, 9.17) is 14.3 Å². The fourth-order valence-electron chi connectivity index (χ4n) is 2.45. The van der Waals surface area contributed by atoms with Crippen LogP contribution in [0.15, 0.2) is 0 Å². The Morgan fingerprint density at radius 3 is 2.33 bits per heavy atom. The van der Waals surface area contributed by atoms with Crippen molar-refractivity contribution >= 4 is 17.8 Å². The van der Waals surface area contributed by atoms with Crippen LogP contribution < -0.4 is 0 Å². The lowest BCUT2D eigenvalue weighted by molar-refractivity contribution is -0.262. The number of amides is 2. The second kappa shape index (κ2) is 4.03. The van der Waals surface area contributed by atoms with Gasteiger partial charge >= 0.3 is 5.97 Å². The van der Waals surface area contributed by atoms with Crippen molar-refractivity contribution in [2.45, 2.75) is 31.5 Å². The minimum Gasteiger partial charge on any atom is -0.347 e. The van der Waals surface area contributed by atoms with Crippen molar-refractivity contribution in [2.75, 3.05) is 13.2 Å². The number of carbonyl (C=O) groups is 3. The van der Waals surface area contributed by atoms with Gasteiger partial charge in [0.05, 0.1) is 13.2 Å². The molecule has 2 heterocycles. The van der Waals surface area contributed by atoms with Crippen LogP contribution in [0.2, 0.25) is 0 Å². The highest BCUT2D eigenvalue weighted by Gasteiger charge is 2.57. The number of imide groups is 1. The average molecular weight is 255 g/mol. The third-order valence-corrected chi connectivity index (χ3v) is 3.56. The molecule has 7 heteroatoms. The van der Waals surface area contributed by atoms with Gasteiger partial charge in [-0.15, -0.1) is 5.06 Å². The van der Waals surface area contributed by atoms with Crippen molar-refractivity contribution in [1.29, 1.82) is 0 Å². The Labute approximate surface area is 103 Å². The number of hydrogen-bond donors (Lipinski definition) is 0. The van der Waals surface area contributed by atoms with Crippen LogP contribution in [0.1, 0.15) is 25.7 Å². The van der Waals surface area contributed by atoms with Crippen LogP contribution in [0.4, 0.5) is 0 Å². The molecule has 2 saturated heterocycles. The van der Waals surface area contributed by atoms with Crippen LogP contribution in [0, 0.1) is 5.92 Å². The summed E-state index contributed by atoms with van der Waals surface area (Å²) in [7, 11) is 0. The first kappa shape index (κ1) is 11.6. The molecule has 0 bridgehead atoms. The van der Waals surface area contributed by atoms with E-state index in [1.165, 1.54) is 0 Å². The number of hydroxylamine groups is 2. The number of rotatable bonds is 2. The fraction of sp³-hybridized carbons (Fsp3) is 0.727. The van der Waals surface area contributed by atoms with Gasteiger partial charge in [-0.3, -0.25) is 9.59 Å². The summed E-state index contributed by atoms with van der Waals surface area (Å²) in [6.45, 7) is 0.900. The number of carbonyl (C=O) groups excluding carboxylic acids is 3. The second-order valence-electron chi connectivity index (χ2n) is 4.59. The highest BCUT2D eigenvalue weighted by atomic mass is 16.8. The molecule has 3 aliphatic rings. The third kappa shape index (κ3) is 1.62. The van der Waals surface area contributed by atoms with Gasteiger partial charge < -0.3 is 14.3 Å². The third-order valence-electron chi connectivity index (χ3n) is 3.56. The molecule has 2 amide bonds. The minimum atomic E-state index is -0.886. The van der Waals surface area contributed by atoms with E-state index in [1.54, 1.807) is 0 Å². The van der Waals surface area contributed by atoms with E-state index in [1.807, 2.05) is 0 Å². The van der Waals surface area contributed by atoms with Crippen LogP contribution >= 0.6 is 0 Å². The maximum absolute atomic E-state index is 11.9. The van der Waals surface area contributed by atoms with Gasteiger partial charge in [0, 0.05) is 19.3 Å². The molecule has 3 rings (SSSR count). The Kier molecular flexibility index (Phi) is 2.60. The van der Waals surface area contributed by atoms with E-state index in [0.29, 0.717) is 31.1 Å². The van der Waals surface area contributed by atoms with E-state index in [-0.39, 0.29) is 12.8 Å². The zero-order valence-corrected chi connectivity index (χ0v) is 9.72. The molecule has 1 saturated carbocycles. The fourth-order valence-corrected chi connectivity index (χ4v) is 2.45. The zero-order chi connectivity index (χ0) is 12.8. The lowest BCUT2D eigenvalue weighted by Crippen LogP contribution is -2.53. The summed E-state index contributed by atoms with van der Waals surface area (Å²) in [5, 5.41) is 0.559. The van der Waals surface area contributed by atoms with Gasteiger partial charge in [-0.1, -0.05) is 0 Å². The summed E-state index contributed by atoms with van der Waals surface area (Å²) in [5.74, 6) is -3.03. The Bertz CT molecular complexity index is 398. The first-order valence-corrected chi connectivity index (χ1v) is 5.98. The molecule has 0 aromatic rings. The SMILES string of the molecule is O=C(ON1C(=O)CCC1=O)C1CCC12OCCO2. The maximum Gasteiger partial charge on any atom is 0.341 e. The van der Waals surface area contributed by atoms with Gasteiger partial charge in [0.2, 0.25) is 0 Å². The second-order valence-corrected chi connectivity index (χ2v) is 4.59. The monoisotopic (exact) mass is 255 g/mol. The minimum absolute atomic E-state index is 0.0922. The summed E-state index contributed by atoms with van der Waals surface area (Å²) in [6.07, 6.45) is 1.40. The highest BCUT2D eigenvalue weighted by molar-refractivity contribution is 6.01. The molecular weight excluding hydrogens is 242 g/mol. The molecule has 3 fully saturated rings. The molecule has 0 N–H and O–H groups in total. The molecule has 1 spiro atoms. The first-order chi connectivity index (χ1) is 8.62. The summed E-state index contributed by atoms with van der Waals surface area (Å²) >= 11 is 0. The van der Waals surface area contributed by atoms with Crippen molar-refractivity contribution < 1.29 is 28.7 Å². The molecule has 1 unspecified atom stereocenters. The largest absolute Gasteiger partial charge is 0.347 e. The lowest BCUT2D eigenvalue weighted by atomic mass is 9.78. The Morgan fingerprint density at radius 1 is 1.22 bits per heavy atom. The normalized spacial score (nSPS) is 29.8. The van der Waals surface area contributed by atoms with Gasteiger partial charge in [-0.05, 0) is 6.42 Å². The van der Waals surface area contributed by atoms with Crippen molar-refractivity contribution in [3.8, 4) is 0 Å². The number of nitrogens with zero attached hydrogens (tertiary/aromatic N) is 1. The molecule has 7 nitrogen and oxygen atoms in total. The van der Waals surface area contributed by atoms with Crippen molar-refractivity contribution in [1.82, 2.24) is 5.06 Å². The lowest BCUT2D eigenvalue weighted by Gasteiger charge is -2.42. The summed E-state index contributed by atoms with van der Waals surface area (Å²) in [5.41, 5.74) is 0. The van der Waals surface area contributed by atoms with Crippen molar-refractivity contribution in [3.63, 3.8) is 0 Å². The summed E-state index contributed by atoms with van der Waals surface area (Å²) in [4.78, 5) is 39.4. The summed E-state index contributed by atoms with van der Waals surface area (Å²) in [6, 6.07) is 0. The Hall–Kier alpha value is -1.47. The van der Waals surface area contributed by atoms with E-state index in [0.717, 1.165) is 0 Å². The van der Waals surface area contributed by atoms with Crippen LogP contribution in [0.5, 0.6) is 0 Å². The van der Waals surface area contributed by atoms with Crippen LogP contribution in [-0.4, -0.2) is 41.8 Å². The van der Waals surface area contributed by atoms with Gasteiger partial charge in [-0.25, -0.2) is 4.79 Å². The Morgan fingerprint density at radius 2 is 1.83 bits per heavy atom. The van der Waals surface area contributed by atoms with Gasteiger partial charge in [0.15, 0.2) is 5.79 Å². The molecule has 0 aromatic carbocycles. The van der Waals surface area contributed by atoms with E-state index in [9.17, 15) is 14.4 Å². The smallest absolute Gasteiger partial charge is 0.341 e. The predicted octanol–water partition coefficient (Wildman–Crippen LogP) is -0.253. The van der Waals surface area contributed by atoms with Crippen molar-refractivity contribution in [2.24, 2.45) is 5.92 Å². The van der Waals surface area contributed by atoms with Crippen LogP contribution in [0.3, 0.4) is 0 Å². The molecule has 0 aromatic heterocycles. The maximum atomic E-state index is 11.9. The Balaban J connectivity index is 1.65. The van der Waals surface area contributed by atoms with E-state index >= 15 is 0 Å². The predicted molar refractivity (Wildman–Crippen MR) is 54.5 cm³/mol. The molecule has 1 aliphatic carbocycles.